The summed E-state index contributed by atoms with van der Waals surface area (Å²) in [6.45, 7) is 0.426. The summed E-state index contributed by atoms with van der Waals surface area (Å²) < 4.78 is 1.89. The van der Waals surface area contributed by atoms with E-state index in [0.717, 1.165) is 0 Å². The number of halogens is 1. The van der Waals surface area contributed by atoms with Crippen LogP contribution in [0.4, 0.5) is 5.69 Å². The molecule has 1 aromatic carbocycles. The van der Waals surface area contributed by atoms with Gasteiger partial charge in [-0.15, -0.1) is 10.2 Å². The molecule has 0 saturated heterocycles. The van der Waals surface area contributed by atoms with Crippen molar-refractivity contribution in [1.82, 2.24) is 0 Å². The Kier molecular flexibility index (Phi) is 6.81. The van der Waals surface area contributed by atoms with Crippen LogP contribution in [0.1, 0.15) is 5.56 Å². The van der Waals surface area contributed by atoms with Gasteiger partial charge in [-0.05, 0) is 12.1 Å². The summed E-state index contributed by atoms with van der Waals surface area (Å²) in [4.78, 5) is 10.2. The molecule has 0 atom stereocenters. The quantitative estimate of drug-likeness (QED) is 0.197. The first-order valence-electron chi connectivity index (χ1n) is 6.40. The van der Waals surface area contributed by atoms with Crippen LogP contribution in [0.2, 0.25) is 0 Å². The number of rotatable bonds is 5. The summed E-state index contributed by atoms with van der Waals surface area (Å²) in [5, 5.41) is 18.4. The summed E-state index contributed by atoms with van der Waals surface area (Å²) in [7, 11) is 0. The Balaban J connectivity index is 0.00000264. The Morgan fingerprint density at radius 2 is 1.70 bits per heavy atom. The molecule has 4 N–H and O–H groups in total. The average Bonchev–Trinajstić information content (AvgIpc) is 2.52. The number of nitro groups is 1. The fourth-order valence-corrected chi connectivity index (χ4v) is 1.79. The first-order valence-corrected chi connectivity index (χ1v) is 6.40. The maximum atomic E-state index is 10.7. The number of benzene rings is 1. The smallest absolute Gasteiger partial charge is 0.269 e. The van der Waals surface area contributed by atoms with Crippen molar-refractivity contribution in [3.8, 4) is 0 Å². The van der Waals surface area contributed by atoms with Crippen molar-refractivity contribution in [2.75, 3.05) is 0 Å². The third-order valence-electron chi connectivity index (χ3n) is 2.81. The monoisotopic (exact) mass is 378 g/mol. The van der Waals surface area contributed by atoms with E-state index in [4.69, 9.17) is 11.5 Å². The predicted octanol–water partition coefficient (Wildman–Crippen LogP) is -2.44. The van der Waals surface area contributed by atoms with Gasteiger partial charge in [-0.1, -0.05) is 6.07 Å². The van der Waals surface area contributed by atoms with Gasteiger partial charge in [0, 0.05) is 29.8 Å². The standard InChI is InChI=1S/C14H15N6O2.BrH/c15-14(16)18-17-13(10-19-8-2-1-3-9-19)11-4-6-12(7-5-11)20(21)22;/h1-9H,10H2,(H4,15,16,18);1H/q+1;/p-1. The van der Waals surface area contributed by atoms with Crippen LogP contribution in [0, 0.1) is 10.1 Å². The number of pyridine rings is 1. The van der Waals surface area contributed by atoms with Crippen LogP contribution in [-0.2, 0) is 6.54 Å². The zero-order valence-corrected chi connectivity index (χ0v) is 13.6. The van der Waals surface area contributed by atoms with E-state index in [1.54, 1.807) is 12.1 Å². The van der Waals surface area contributed by atoms with Gasteiger partial charge in [0.1, 0.15) is 5.71 Å². The molecule has 1 heterocycles. The lowest BCUT2D eigenvalue weighted by molar-refractivity contribution is -0.681. The zero-order chi connectivity index (χ0) is 15.9. The number of nitro benzene ring substituents is 1. The Hall–Kier alpha value is -2.81. The van der Waals surface area contributed by atoms with Gasteiger partial charge in [0.25, 0.3) is 5.69 Å². The molecular weight excluding hydrogens is 364 g/mol. The first-order chi connectivity index (χ1) is 10.6. The second-order valence-corrected chi connectivity index (χ2v) is 4.42. The number of guanidine groups is 1. The van der Waals surface area contributed by atoms with E-state index in [0.29, 0.717) is 17.8 Å². The Labute approximate surface area is 143 Å². The second-order valence-electron chi connectivity index (χ2n) is 4.42. The highest BCUT2D eigenvalue weighted by Gasteiger charge is 2.12. The highest BCUT2D eigenvalue weighted by atomic mass is 79.9. The molecular formula is C14H15BrN6O2. The molecule has 0 aliphatic carbocycles. The molecule has 0 unspecified atom stereocenters. The summed E-state index contributed by atoms with van der Waals surface area (Å²) in [6, 6.07) is 11.7. The minimum absolute atomic E-state index is 0. The molecule has 8 nitrogen and oxygen atoms in total. The lowest BCUT2D eigenvalue weighted by Crippen LogP contribution is -3.00. The summed E-state index contributed by atoms with van der Waals surface area (Å²) in [6.07, 6.45) is 3.74. The maximum absolute atomic E-state index is 10.7. The van der Waals surface area contributed by atoms with Gasteiger partial charge >= 0.3 is 0 Å². The number of hydrogen-bond donors (Lipinski definition) is 2. The molecule has 0 aliphatic heterocycles. The van der Waals surface area contributed by atoms with Crippen LogP contribution in [0.3, 0.4) is 0 Å². The molecule has 9 heteroatoms. The summed E-state index contributed by atoms with van der Waals surface area (Å²) in [5.74, 6) is -0.155. The Bertz CT molecular complexity index is 712. The van der Waals surface area contributed by atoms with Gasteiger partial charge in [-0.2, -0.15) is 4.57 Å². The number of non-ortho nitro benzene ring substituents is 1. The summed E-state index contributed by atoms with van der Waals surface area (Å²) >= 11 is 0. The van der Waals surface area contributed by atoms with E-state index in [9.17, 15) is 10.1 Å². The Morgan fingerprint density at radius 1 is 1.09 bits per heavy atom. The fraction of sp³-hybridized carbons (Fsp3) is 0.0714. The highest BCUT2D eigenvalue weighted by Crippen LogP contribution is 2.13. The molecule has 120 valence electrons. The molecule has 0 radical (unpaired) electrons. The lowest BCUT2D eigenvalue weighted by atomic mass is 10.1. The molecule has 0 aliphatic rings. The maximum Gasteiger partial charge on any atom is 0.269 e. The van der Waals surface area contributed by atoms with Crippen molar-refractivity contribution in [3.05, 3.63) is 70.5 Å². The minimum atomic E-state index is -0.456. The van der Waals surface area contributed by atoms with Gasteiger partial charge in [0.05, 0.1) is 4.92 Å². The Morgan fingerprint density at radius 3 is 2.22 bits per heavy atom. The van der Waals surface area contributed by atoms with Crippen molar-refractivity contribution < 1.29 is 26.5 Å². The fourth-order valence-electron chi connectivity index (χ4n) is 1.79. The number of aromatic nitrogens is 1. The van der Waals surface area contributed by atoms with Crippen LogP contribution in [-0.4, -0.2) is 16.6 Å². The van der Waals surface area contributed by atoms with Crippen molar-refractivity contribution in [3.63, 3.8) is 0 Å². The van der Waals surface area contributed by atoms with Gasteiger partial charge in [-0.25, -0.2) is 0 Å². The molecule has 1 aromatic heterocycles. The van der Waals surface area contributed by atoms with E-state index in [2.05, 4.69) is 10.2 Å². The van der Waals surface area contributed by atoms with Crippen LogP contribution in [0.25, 0.3) is 0 Å². The van der Waals surface area contributed by atoms with Gasteiger partial charge in [0.2, 0.25) is 5.96 Å². The largest absolute Gasteiger partial charge is 1.00 e. The van der Waals surface area contributed by atoms with Crippen LogP contribution >= 0.6 is 0 Å². The van der Waals surface area contributed by atoms with Crippen LogP contribution in [0.5, 0.6) is 0 Å². The first kappa shape index (κ1) is 18.2. The molecule has 0 fully saturated rings. The molecule has 0 amide bonds. The van der Waals surface area contributed by atoms with Gasteiger partial charge < -0.3 is 28.4 Å². The van der Waals surface area contributed by atoms with E-state index in [-0.39, 0.29) is 28.6 Å². The molecule has 2 aromatic rings. The third-order valence-corrected chi connectivity index (χ3v) is 2.81. The molecule has 23 heavy (non-hydrogen) atoms. The van der Waals surface area contributed by atoms with Crippen molar-refractivity contribution in [2.24, 2.45) is 21.7 Å². The van der Waals surface area contributed by atoms with E-state index >= 15 is 0 Å². The lowest BCUT2D eigenvalue weighted by Gasteiger charge is -2.02. The number of nitrogens with two attached hydrogens (primary N) is 2. The van der Waals surface area contributed by atoms with E-state index in [1.165, 1.54) is 12.1 Å². The topological polar surface area (TPSA) is 124 Å². The third kappa shape index (κ3) is 5.47. The van der Waals surface area contributed by atoms with E-state index in [1.807, 2.05) is 35.2 Å². The van der Waals surface area contributed by atoms with Gasteiger partial charge in [-0.3, -0.25) is 10.1 Å². The normalized spacial score (nSPS) is 10.5. The zero-order valence-electron chi connectivity index (χ0n) is 12.0. The predicted molar refractivity (Wildman–Crippen MR) is 82.1 cm³/mol. The van der Waals surface area contributed by atoms with Crippen molar-refractivity contribution >= 4 is 17.4 Å². The second kappa shape index (κ2) is 8.59. The molecule has 0 spiro atoms. The van der Waals surface area contributed by atoms with Crippen molar-refractivity contribution in [2.45, 2.75) is 6.54 Å². The van der Waals surface area contributed by atoms with Gasteiger partial charge in [0.15, 0.2) is 18.9 Å². The number of hydrogen-bond acceptors (Lipinski definition) is 4. The van der Waals surface area contributed by atoms with Crippen LogP contribution < -0.4 is 33.0 Å². The molecule has 2 rings (SSSR count). The number of nitrogens with zero attached hydrogens (tertiary/aromatic N) is 4. The summed E-state index contributed by atoms with van der Waals surface area (Å²) in [5.41, 5.74) is 11.9. The highest BCUT2D eigenvalue weighted by molar-refractivity contribution is 6.00. The van der Waals surface area contributed by atoms with E-state index < -0.39 is 4.92 Å². The molecule has 0 bridgehead atoms. The SMILES string of the molecule is NC(N)=NN=C(C[n+]1ccccc1)c1ccc([N+](=O)[O-])cc1.[Br-]. The average molecular weight is 379 g/mol. The molecule has 0 saturated carbocycles. The minimum Gasteiger partial charge on any atom is -1.00 e. The van der Waals surface area contributed by atoms with Crippen LogP contribution in [0.15, 0.2) is 65.1 Å². The van der Waals surface area contributed by atoms with Crippen molar-refractivity contribution in [1.29, 1.82) is 0 Å².